The van der Waals surface area contributed by atoms with Crippen LogP contribution in [0.4, 0.5) is 0 Å². The maximum atomic E-state index is 6.28. The molecule has 1 heterocycles. The molecule has 0 aliphatic rings. The van der Waals surface area contributed by atoms with Crippen molar-refractivity contribution in [3.05, 3.63) is 35.0 Å². The first-order chi connectivity index (χ1) is 8.65. The van der Waals surface area contributed by atoms with Gasteiger partial charge in [0.15, 0.2) is 0 Å². The molecule has 18 heavy (non-hydrogen) atoms. The van der Waals surface area contributed by atoms with E-state index in [2.05, 4.69) is 35.9 Å². The fraction of sp³-hybridized carbons (Fsp3) is 0.467. The predicted molar refractivity (Wildman–Crippen MR) is 79.6 cm³/mol. The van der Waals surface area contributed by atoms with Gasteiger partial charge in [0.1, 0.15) is 0 Å². The molecule has 0 radical (unpaired) electrons. The van der Waals surface area contributed by atoms with Crippen LogP contribution in [-0.4, -0.2) is 18.2 Å². The van der Waals surface area contributed by atoms with Crippen LogP contribution < -0.4 is 5.32 Å². The largest absolute Gasteiger partial charge is 0.342 e. The summed E-state index contributed by atoms with van der Waals surface area (Å²) in [6.07, 6.45) is 2.24. The first kappa shape index (κ1) is 13.4. The van der Waals surface area contributed by atoms with Crippen LogP contribution in [-0.2, 0) is 6.42 Å². The lowest BCUT2D eigenvalue weighted by atomic mass is 10.2. The van der Waals surface area contributed by atoms with Crippen molar-refractivity contribution in [2.45, 2.75) is 32.7 Å². The smallest absolute Gasteiger partial charge is 0.0500 e. The maximum absolute atomic E-state index is 6.28. The highest BCUT2D eigenvalue weighted by molar-refractivity contribution is 6.35. The highest BCUT2D eigenvalue weighted by atomic mass is 35.5. The lowest BCUT2D eigenvalue weighted by Gasteiger charge is -2.14. The van der Waals surface area contributed by atoms with E-state index in [9.17, 15) is 0 Å². The third-order valence-corrected chi connectivity index (χ3v) is 3.62. The first-order valence-electron chi connectivity index (χ1n) is 6.58. The van der Waals surface area contributed by atoms with Gasteiger partial charge in [-0.25, -0.2) is 0 Å². The topological polar surface area (TPSA) is 17.0 Å². The summed E-state index contributed by atoms with van der Waals surface area (Å²) in [4.78, 5) is 0. The van der Waals surface area contributed by atoms with Gasteiger partial charge in [0.2, 0.25) is 0 Å². The molecule has 3 heteroatoms. The summed E-state index contributed by atoms with van der Waals surface area (Å²) in [5, 5.41) is 5.22. The molecule has 0 aliphatic heterocycles. The van der Waals surface area contributed by atoms with E-state index in [0.717, 1.165) is 24.4 Å². The second-order valence-electron chi connectivity index (χ2n) is 4.98. The first-order valence-corrected chi connectivity index (χ1v) is 6.96. The molecule has 0 atom stereocenters. The van der Waals surface area contributed by atoms with Gasteiger partial charge < -0.3 is 9.88 Å². The van der Waals surface area contributed by atoms with E-state index in [1.54, 1.807) is 0 Å². The molecule has 0 amide bonds. The quantitative estimate of drug-likeness (QED) is 0.807. The number of nitrogens with one attached hydrogen (secondary N) is 1. The third-order valence-electron chi connectivity index (χ3n) is 3.29. The Kier molecular flexibility index (Phi) is 4.31. The number of benzene rings is 1. The van der Waals surface area contributed by atoms with E-state index >= 15 is 0 Å². The molecular formula is C15H21ClN2. The van der Waals surface area contributed by atoms with Crippen LogP contribution >= 0.6 is 11.6 Å². The summed E-state index contributed by atoms with van der Waals surface area (Å²) in [7, 11) is 1.99. The Labute approximate surface area is 114 Å². The fourth-order valence-electron chi connectivity index (χ4n) is 2.52. The standard InChI is InChI=1S/C15H21ClN2/c1-11(2)18-12(6-5-9-17-3)10-13-14(16)7-4-8-15(13)18/h4,7-8,10-11,17H,5-6,9H2,1-3H3. The SMILES string of the molecule is CNCCCc1cc2c(Cl)cccc2n1C(C)C. The van der Waals surface area contributed by atoms with Crippen molar-refractivity contribution in [1.82, 2.24) is 9.88 Å². The summed E-state index contributed by atoms with van der Waals surface area (Å²) in [6, 6.07) is 8.86. The van der Waals surface area contributed by atoms with Gasteiger partial charge in [-0.3, -0.25) is 0 Å². The van der Waals surface area contributed by atoms with Crippen molar-refractivity contribution in [3.8, 4) is 0 Å². The van der Waals surface area contributed by atoms with Gasteiger partial charge in [-0.15, -0.1) is 0 Å². The highest BCUT2D eigenvalue weighted by Gasteiger charge is 2.12. The van der Waals surface area contributed by atoms with Crippen molar-refractivity contribution < 1.29 is 0 Å². The van der Waals surface area contributed by atoms with Crippen LogP contribution in [0.1, 0.15) is 32.0 Å². The predicted octanol–water partition coefficient (Wildman–Crippen LogP) is 4.03. The highest BCUT2D eigenvalue weighted by Crippen LogP contribution is 2.30. The minimum atomic E-state index is 0.463. The van der Waals surface area contributed by atoms with Crippen molar-refractivity contribution in [1.29, 1.82) is 0 Å². The van der Waals surface area contributed by atoms with Crippen molar-refractivity contribution in [2.24, 2.45) is 0 Å². The summed E-state index contributed by atoms with van der Waals surface area (Å²) < 4.78 is 2.40. The molecule has 1 aromatic carbocycles. The Morgan fingerprint density at radius 1 is 1.33 bits per heavy atom. The lowest BCUT2D eigenvalue weighted by Crippen LogP contribution is -2.11. The second kappa shape index (κ2) is 5.77. The molecule has 0 saturated heterocycles. The van der Waals surface area contributed by atoms with E-state index < -0.39 is 0 Å². The number of hydrogen-bond acceptors (Lipinski definition) is 1. The number of halogens is 1. The Hall–Kier alpha value is -0.990. The van der Waals surface area contributed by atoms with E-state index in [-0.39, 0.29) is 0 Å². The lowest BCUT2D eigenvalue weighted by molar-refractivity contribution is 0.582. The molecule has 0 saturated carbocycles. The van der Waals surface area contributed by atoms with Gasteiger partial charge in [-0.2, -0.15) is 0 Å². The van der Waals surface area contributed by atoms with Gasteiger partial charge in [0.05, 0.1) is 0 Å². The fourth-order valence-corrected chi connectivity index (χ4v) is 2.74. The molecule has 2 rings (SSSR count). The van der Waals surface area contributed by atoms with Crippen LogP contribution in [0, 0.1) is 0 Å². The second-order valence-corrected chi connectivity index (χ2v) is 5.39. The van der Waals surface area contributed by atoms with E-state index in [4.69, 9.17) is 11.6 Å². The van der Waals surface area contributed by atoms with Gasteiger partial charge in [0, 0.05) is 27.7 Å². The molecular weight excluding hydrogens is 244 g/mol. The van der Waals surface area contributed by atoms with Crippen LogP contribution in [0.15, 0.2) is 24.3 Å². The Bertz CT molecular complexity index is 529. The van der Waals surface area contributed by atoms with Gasteiger partial charge in [-0.05, 0) is 58.5 Å². The molecule has 2 aromatic rings. The van der Waals surface area contributed by atoms with E-state index in [1.165, 1.54) is 16.6 Å². The van der Waals surface area contributed by atoms with Crippen molar-refractivity contribution in [2.75, 3.05) is 13.6 Å². The van der Waals surface area contributed by atoms with Crippen LogP contribution in [0.2, 0.25) is 5.02 Å². The van der Waals surface area contributed by atoms with Crippen molar-refractivity contribution in [3.63, 3.8) is 0 Å². The minimum absolute atomic E-state index is 0.463. The molecule has 0 aliphatic carbocycles. The monoisotopic (exact) mass is 264 g/mol. The van der Waals surface area contributed by atoms with Gasteiger partial charge >= 0.3 is 0 Å². The number of aryl methyl sites for hydroxylation is 1. The van der Waals surface area contributed by atoms with Crippen LogP contribution in [0.5, 0.6) is 0 Å². The number of rotatable bonds is 5. The maximum Gasteiger partial charge on any atom is 0.0500 e. The number of hydrogen-bond donors (Lipinski definition) is 1. The number of fused-ring (bicyclic) bond motifs is 1. The van der Waals surface area contributed by atoms with Gasteiger partial charge in [-0.1, -0.05) is 17.7 Å². The van der Waals surface area contributed by atoms with Crippen LogP contribution in [0.25, 0.3) is 10.9 Å². The zero-order chi connectivity index (χ0) is 13.1. The molecule has 0 unspecified atom stereocenters. The molecule has 98 valence electrons. The summed E-state index contributed by atoms with van der Waals surface area (Å²) in [5.74, 6) is 0. The van der Waals surface area contributed by atoms with Crippen molar-refractivity contribution >= 4 is 22.5 Å². The summed E-state index contributed by atoms with van der Waals surface area (Å²) in [6.45, 7) is 5.50. The Balaban J connectivity index is 2.44. The molecule has 0 fully saturated rings. The number of nitrogens with zero attached hydrogens (tertiary/aromatic N) is 1. The molecule has 1 N–H and O–H groups in total. The van der Waals surface area contributed by atoms with E-state index in [1.807, 2.05) is 19.2 Å². The normalized spacial score (nSPS) is 11.6. The van der Waals surface area contributed by atoms with Gasteiger partial charge in [0.25, 0.3) is 0 Å². The zero-order valence-electron chi connectivity index (χ0n) is 11.3. The van der Waals surface area contributed by atoms with Crippen LogP contribution in [0.3, 0.4) is 0 Å². The average Bonchev–Trinajstić information content (AvgIpc) is 2.69. The van der Waals surface area contributed by atoms with E-state index in [0.29, 0.717) is 6.04 Å². The summed E-state index contributed by atoms with van der Waals surface area (Å²) in [5.41, 5.74) is 2.63. The molecule has 0 bridgehead atoms. The summed E-state index contributed by atoms with van der Waals surface area (Å²) >= 11 is 6.28. The Morgan fingerprint density at radius 2 is 2.11 bits per heavy atom. The minimum Gasteiger partial charge on any atom is -0.342 e. The Morgan fingerprint density at radius 3 is 2.78 bits per heavy atom. The molecule has 2 nitrogen and oxygen atoms in total. The average molecular weight is 265 g/mol. The number of aromatic nitrogens is 1. The molecule has 1 aromatic heterocycles. The third kappa shape index (κ3) is 2.55. The zero-order valence-corrected chi connectivity index (χ0v) is 12.1. The molecule has 0 spiro atoms.